The zero-order valence-electron chi connectivity index (χ0n) is 35.0. The molecule has 53 heavy (non-hydrogen) atoms. The molecule has 1 unspecified atom stereocenters. The molecule has 0 aliphatic heterocycles. The summed E-state index contributed by atoms with van der Waals surface area (Å²) in [6.45, 7) is 6.52. The van der Waals surface area contributed by atoms with Crippen LogP contribution in [0, 0.1) is 0 Å². The number of rotatable bonds is 40. The Bertz CT molecular complexity index is 907. The summed E-state index contributed by atoms with van der Waals surface area (Å²) >= 11 is 0. The highest BCUT2D eigenvalue weighted by atomic mass is 16.6. The van der Waals surface area contributed by atoms with Gasteiger partial charge in [-0.3, -0.25) is 14.4 Å². The van der Waals surface area contributed by atoms with Gasteiger partial charge in [-0.2, -0.15) is 0 Å². The Morgan fingerprint density at radius 2 is 0.698 bits per heavy atom. The second kappa shape index (κ2) is 42.4. The molecular weight excluding hydrogens is 661 g/mol. The summed E-state index contributed by atoms with van der Waals surface area (Å²) in [5.74, 6) is -0.932. The van der Waals surface area contributed by atoms with Gasteiger partial charge in [-0.25, -0.2) is 0 Å². The fraction of sp³-hybridized carbons (Fsp3) is 0.809. The van der Waals surface area contributed by atoms with Crippen LogP contribution in [0.25, 0.3) is 0 Å². The molecule has 0 heterocycles. The highest BCUT2D eigenvalue weighted by molar-refractivity contribution is 5.71. The van der Waals surface area contributed by atoms with E-state index in [2.05, 4.69) is 57.2 Å². The number of hydrogen-bond acceptors (Lipinski definition) is 6. The number of hydrogen-bond donors (Lipinski definition) is 0. The summed E-state index contributed by atoms with van der Waals surface area (Å²) in [7, 11) is 0. The van der Waals surface area contributed by atoms with Gasteiger partial charge in [-0.15, -0.1) is 0 Å². The predicted octanol–water partition coefficient (Wildman–Crippen LogP) is 14.2. The predicted molar refractivity (Wildman–Crippen MR) is 224 cm³/mol. The second-order valence-corrected chi connectivity index (χ2v) is 15.0. The van der Waals surface area contributed by atoms with E-state index in [1.807, 2.05) is 0 Å². The summed E-state index contributed by atoms with van der Waals surface area (Å²) in [6.07, 6.45) is 47.0. The molecule has 0 saturated carbocycles. The maximum Gasteiger partial charge on any atom is 0.306 e. The van der Waals surface area contributed by atoms with Crippen LogP contribution in [0.3, 0.4) is 0 Å². The van der Waals surface area contributed by atoms with E-state index >= 15 is 0 Å². The third-order valence-corrected chi connectivity index (χ3v) is 9.65. The molecule has 6 heteroatoms. The number of esters is 3. The third-order valence-electron chi connectivity index (χ3n) is 9.65. The Hall–Kier alpha value is -2.37. The van der Waals surface area contributed by atoms with Crippen LogP contribution in [-0.4, -0.2) is 37.2 Å². The standard InChI is InChI=1S/C47H84O6/c1-4-7-10-13-16-19-21-22-23-24-26-28-31-34-37-40-46(49)52-43-44(42-51-45(48)39-36-33-30-27-18-15-12-9-6-3)53-47(50)41-38-35-32-29-25-20-17-14-11-8-5-2/h16,19,21-22,27,30,44H,4-15,17-18,20,23-26,28-29,31-43H2,1-3H3/b19-16-,22-21-,30-27-. The Balaban J connectivity index is 4.37. The molecule has 0 aromatic carbocycles. The molecule has 308 valence electrons. The normalized spacial score (nSPS) is 12.3. The van der Waals surface area contributed by atoms with Crippen molar-refractivity contribution in [2.45, 2.75) is 232 Å². The van der Waals surface area contributed by atoms with Gasteiger partial charge in [0.25, 0.3) is 0 Å². The number of unbranched alkanes of at least 4 members (excludes halogenated alkanes) is 24. The molecule has 0 N–H and O–H groups in total. The molecule has 0 amide bonds. The van der Waals surface area contributed by atoms with Crippen molar-refractivity contribution in [3.8, 4) is 0 Å². The molecule has 0 spiro atoms. The molecule has 0 saturated heterocycles. The fourth-order valence-corrected chi connectivity index (χ4v) is 6.20. The van der Waals surface area contributed by atoms with Gasteiger partial charge >= 0.3 is 17.9 Å². The molecule has 0 bridgehead atoms. The largest absolute Gasteiger partial charge is 0.462 e. The first-order valence-corrected chi connectivity index (χ1v) is 22.5. The molecule has 6 nitrogen and oxygen atoms in total. The average Bonchev–Trinajstić information content (AvgIpc) is 3.15. The highest BCUT2D eigenvalue weighted by Gasteiger charge is 2.19. The Morgan fingerprint density at radius 3 is 1.19 bits per heavy atom. The summed E-state index contributed by atoms with van der Waals surface area (Å²) in [5.41, 5.74) is 0. The third kappa shape index (κ3) is 40.6. The molecule has 1 atom stereocenters. The summed E-state index contributed by atoms with van der Waals surface area (Å²) in [4.78, 5) is 37.6. The maximum atomic E-state index is 12.7. The second-order valence-electron chi connectivity index (χ2n) is 15.0. The van der Waals surface area contributed by atoms with E-state index in [-0.39, 0.29) is 31.1 Å². The topological polar surface area (TPSA) is 78.9 Å². The highest BCUT2D eigenvalue weighted by Crippen LogP contribution is 2.14. The minimum absolute atomic E-state index is 0.0850. The molecule has 0 aliphatic carbocycles. The SMILES string of the molecule is CCCCC/C=C\C=C/CCCCCCCCC(=O)OCC(COC(=O)CCC/C=C\CCCCCC)OC(=O)CCCCCCCCCCCCC. The Morgan fingerprint density at radius 1 is 0.377 bits per heavy atom. The average molecular weight is 745 g/mol. The monoisotopic (exact) mass is 745 g/mol. The number of carbonyl (C=O) groups excluding carboxylic acids is 3. The van der Waals surface area contributed by atoms with Crippen molar-refractivity contribution in [2.75, 3.05) is 13.2 Å². The summed E-state index contributed by atoms with van der Waals surface area (Å²) in [5, 5.41) is 0. The molecule has 0 radical (unpaired) electrons. The first kappa shape index (κ1) is 50.6. The fourth-order valence-electron chi connectivity index (χ4n) is 6.20. The van der Waals surface area contributed by atoms with Gasteiger partial charge in [0.2, 0.25) is 0 Å². The van der Waals surface area contributed by atoms with Crippen LogP contribution in [0.1, 0.15) is 226 Å². The van der Waals surface area contributed by atoms with E-state index in [4.69, 9.17) is 14.2 Å². The van der Waals surface area contributed by atoms with E-state index in [9.17, 15) is 14.4 Å². The van der Waals surface area contributed by atoms with Crippen molar-refractivity contribution in [1.82, 2.24) is 0 Å². The van der Waals surface area contributed by atoms with Crippen LogP contribution in [-0.2, 0) is 28.6 Å². The van der Waals surface area contributed by atoms with E-state index in [0.717, 1.165) is 64.2 Å². The molecular formula is C47H84O6. The van der Waals surface area contributed by atoms with Crippen LogP contribution >= 0.6 is 0 Å². The zero-order valence-corrected chi connectivity index (χ0v) is 35.0. The lowest BCUT2D eigenvalue weighted by Crippen LogP contribution is -2.30. The van der Waals surface area contributed by atoms with E-state index in [0.29, 0.717) is 19.3 Å². The van der Waals surface area contributed by atoms with Gasteiger partial charge in [0, 0.05) is 19.3 Å². The van der Waals surface area contributed by atoms with Crippen LogP contribution in [0.5, 0.6) is 0 Å². The summed E-state index contributed by atoms with van der Waals surface area (Å²) in [6, 6.07) is 0. The van der Waals surface area contributed by atoms with Crippen molar-refractivity contribution < 1.29 is 28.6 Å². The quantitative estimate of drug-likeness (QED) is 0.0204. The van der Waals surface area contributed by atoms with Crippen molar-refractivity contribution in [1.29, 1.82) is 0 Å². The number of carbonyl (C=O) groups is 3. The smallest absolute Gasteiger partial charge is 0.306 e. The van der Waals surface area contributed by atoms with Gasteiger partial charge in [-0.1, -0.05) is 179 Å². The van der Waals surface area contributed by atoms with Crippen LogP contribution in [0.15, 0.2) is 36.5 Å². The Labute approximate surface area is 327 Å². The van der Waals surface area contributed by atoms with Crippen molar-refractivity contribution in [3.05, 3.63) is 36.5 Å². The Kier molecular flexibility index (Phi) is 40.5. The van der Waals surface area contributed by atoms with Gasteiger partial charge in [0.1, 0.15) is 13.2 Å². The van der Waals surface area contributed by atoms with E-state index in [1.54, 1.807) is 0 Å². The first-order chi connectivity index (χ1) is 26.0. The molecule has 0 aromatic heterocycles. The lowest BCUT2D eigenvalue weighted by atomic mass is 10.1. The minimum atomic E-state index is -0.781. The van der Waals surface area contributed by atoms with Crippen molar-refractivity contribution >= 4 is 17.9 Å². The van der Waals surface area contributed by atoms with Crippen molar-refractivity contribution in [2.24, 2.45) is 0 Å². The van der Waals surface area contributed by atoms with Gasteiger partial charge in [0.05, 0.1) is 0 Å². The lowest BCUT2D eigenvalue weighted by molar-refractivity contribution is -0.167. The van der Waals surface area contributed by atoms with E-state index < -0.39 is 6.10 Å². The van der Waals surface area contributed by atoms with Gasteiger partial charge in [0.15, 0.2) is 6.10 Å². The molecule has 0 aliphatic rings. The van der Waals surface area contributed by atoms with Crippen LogP contribution < -0.4 is 0 Å². The van der Waals surface area contributed by atoms with Gasteiger partial charge in [-0.05, 0) is 64.2 Å². The number of ether oxygens (including phenoxy) is 3. The minimum Gasteiger partial charge on any atom is -0.462 e. The molecule has 0 aromatic rings. The first-order valence-electron chi connectivity index (χ1n) is 22.5. The maximum absolute atomic E-state index is 12.7. The zero-order chi connectivity index (χ0) is 38.7. The van der Waals surface area contributed by atoms with Gasteiger partial charge < -0.3 is 14.2 Å². The van der Waals surface area contributed by atoms with E-state index in [1.165, 1.54) is 122 Å². The molecule has 0 fully saturated rings. The molecule has 0 rings (SSSR count). The van der Waals surface area contributed by atoms with Crippen molar-refractivity contribution in [3.63, 3.8) is 0 Å². The summed E-state index contributed by atoms with van der Waals surface area (Å²) < 4.78 is 16.6. The number of allylic oxidation sites excluding steroid dienone is 6. The lowest BCUT2D eigenvalue weighted by Gasteiger charge is -2.18. The van der Waals surface area contributed by atoms with Crippen LogP contribution in [0.2, 0.25) is 0 Å². The van der Waals surface area contributed by atoms with Crippen LogP contribution in [0.4, 0.5) is 0 Å².